The summed E-state index contributed by atoms with van der Waals surface area (Å²) < 4.78 is 1.94. The second-order valence-corrected chi connectivity index (χ2v) is 6.32. The molecule has 0 aromatic carbocycles. The van der Waals surface area contributed by atoms with Gasteiger partial charge in [0, 0.05) is 37.6 Å². The largest absolute Gasteiger partial charge is 0.370 e. The van der Waals surface area contributed by atoms with Crippen LogP contribution in [-0.4, -0.2) is 33.5 Å². The van der Waals surface area contributed by atoms with Crippen LogP contribution in [0.25, 0.3) is 0 Å². The molecule has 2 aromatic heterocycles. The average Bonchev–Trinajstić information content (AvgIpc) is 3.05. The smallest absolute Gasteiger partial charge is 0.242 e. The monoisotopic (exact) mass is 329 g/mol. The van der Waals surface area contributed by atoms with Gasteiger partial charge in [-0.2, -0.15) is 0 Å². The second kappa shape index (κ2) is 8.47. The Morgan fingerprint density at radius 3 is 2.67 bits per heavy atom. The Hall–Kier alpha value is -2.37. The van der Waals surface area contributed by atoms with Crippen LogP contribution in [0.2, 0.25) is 0 Å². The highest BCUT2D eigenvalue weighted by Gasteiger charge is 2.18. The van der Waals surface area contributed by atoms with Crippen LogP contribution in [0.4, 0.5) is 5.82 Å². The third kappa shape index (κ3) is 4.81. The van der Waals surface area contributed by atoms with E-state index in [1.165, 1.54) is 0 Å². The van der Waals surface area contributed by atoms with Gasteiger partial charge in [0.1, 0.15) is 17.7 Å². The first kappa shape index (κ1) is 18.0. The van der Waals surface area contributed by atoms with Gasteiger partial charge in [0.15, 0.2) is 0 Å². The number of carbonyl (C=O) groups is 1. The molecule has 0 unspecified atom stereocenters. The van der Waals surface area contributed by atoms with Crippen LogP contribution in [0.15, 0.2) is 30.7 Å². The number of aromatic nitrogens is 3. The average molecular weight is 329 g/mol. The summed E-state index contributed by atoms with van der Waals surface area (Å²) in [5.41, 5.74) is 1.14. The molecule has 0 bridgehead atoms. The van der Waals surface area contributed by atoms with Crippen LogP contribution in [0.5, 0.6) is 0 Å². The number of pyridine rings is 1. The minimum atomic E-state index is -0.253. The van der Waals surface area contributed by atoms with Gasteiger partial charge in [-0.1, -0.05) is 19.9 Å². The number of imidazole rings is 1. The molecular weight excluding hydrogens is 302 g/mol. The number of anilines is 1. The highest BCUT2D eigenvalue weighted by Crippen LogP contribution is 2.17. The predicted molar refractivity (Wildman–Crippen MR) is 96.1 cm³/mol. The molecule has 0 saturated heterocycles. The number of nitrogens with zero attached hydrogens (tertiary/aromatic N) is 3. The van der Waals surface area contributed by atoms with E-state index in [0.29, 0.717) is 12.5 Å². The Balaban J connectivity index is 1.72. The molecule has 0 spiro atoms. The van der Waals surface area contributed by atoms with E-state index in [2.05, 4.69) is 34.4 Å². The summed E-state index contributed by atoms with van der Waals surface area (Å²) in [4.78, 5) is 20.9. The molecule has 2 heterocycles. The summed E-state index contributed by atoms with van der Waals surface area (Å²) >= 11 is 0. The number of amides is 1. The number of hydrogen-bond acceptors (Lipinski definition) is 4. The van der Waals surface area contributed by atoms with Gasteiger partial charge in [-0.25, -0.2) is 9.97 Å². The predicted octanol–water partition coefficient (Wildman–Crippen LogP) is 2.89. The molecular formula is C18H27N5O. The number of carbonyl (C=O) groups excluding carboxylic acids is 1. The molecule has 0 radical (unpaired) electrons. The fourth-order valence-corrected chi connectivity index (χ4v) is 2.46. The van der Waals surface area contributed by atoms with E-state index in [9.17, 15) is 4.79 Å². The van der Waals surface area contributed by atoms with Gasteiger partial charge in [0.05, 0.1) is 0 Å². The molecule has 6 heteroatoms. The molecule has 130 valence electrons. The fourth-order valence-electron chi connectivity index (χ4n) is 2.46. The van der Waals surface area contributed by atoms with Crippen molar-refractivity contribution in [2.45, 2.75) is 46.1 Å². The van der Waals surface area contributed by atoms with Crippen molar-refractivity contribution in [3.63, 3.8) is 0 Å². The third-order valence-electron chi connectivity index (χ3n) is 3.88. The van der Waals surface area contributed by atoms with Crippen LogP contribution in [0.3, 0.4) is 0 Å². The van der Waals surface area contributed by atoms with Crippen LogP contribution in [-0.2, 0) is 4.79 Å². The summed E-state index contributed by atoms with van der Waals surface area (Å²) in [6.45, 7) is 9.47. The van der Waals surface area contributed by atoms with E-state index in [4.69, 9.17) is 0 Å². The van der Waals surface area contributed by atoms with Gasteiger partial charge >= 0.3 is 0 Å². The summed E-state index contributed by atoms with van der Waals surface area (Å²) in [6.07, 6.45) is 6.29. The quantitative estimate of drug-likeness (QED) is 0.731. The lowest BCUT2D eigenvalue weighted by atomic mass is 10.2. The van der Waals surface area contributed by atoms with Crippen molar-refractivity contribution >= 4 is 11.7 Å². The molecule has 24 heavy (non-hydrogen) atoms. The number of hydrogen-bond donors (Lipinski definition) is 2. The van der Waals surface area contributed by atoms with E-state index in [1.807, 2.05) is 42.9 Å². The van der Waals surface area contributed by atoms with Gasteiger partial charge < -0.3 is 15.2 Å². The topological polar surface area (TPSA) is 71.8 Å². The lowest BCUT2D eigenvalue weighted by molar-refractivity contribution is -0.123. The molecule has 0 fully saturated rings. The van der Waals surface area contributed by atoms with Gasteiger partial charge in [0.2, 0.25) is 5.91 Å². The van der Waals surface area contributed by atoms with Crippen LogP contribution >= 0.6 is 0 Å². The summed E-state index contributed by atoms with van der Waals surface area (Å²) in [6, 6.07) is 3.73. The molecule has 0 aliphatic heterocycles. The molecule has 1 atom stereocenters. The van der Waals surface area contributed by atoms with E-state index >= 15 is 0 Å². The van der Waals surface area contributed by atoms with E-state index in [0.717, 1.165) is 30.2 Å². The zero-order valence-electron chi connectivity index (χ0n) is 14.9. The Kier molecular flexibility index (Phi) is 6.35. The minimum Gasteiger partial charge on any atom is -0.370 e. The Morgan fingerprint density at radius 1 is 1.21 bits per heavy atom. The van der Waals surface area contributed by atoms with Crippen molar-refractivity contribution in [3.05, 3.63) is 42.1 Å². The first-order valence-corrected chi connectivity index (χ1v) is 8.46. The Bertz CT molecular complexity index is 648. The highest BCUT2D eigenvalue weighted by molar-refractivity contribution is 5.79. The number of nitrogens with one attached hydrogen (secondary N) is 2. The van der Waals surface area contributed by atoms with Crippen molar-refractivity contribution in [2.75, 3.05) is 18.4 Å². The zero-order valence-corrected chi connectivity index (χ0v) is 14.9. The normalized spacial score (nSPS) is 12.2. The highest BCUT2D eigenvalue weighted by atomic mass is 16.2. The Morgan fingerprint density at radius 2 is 2.00 bits per heavy atom. The standard InChI is InChI=1S/C18H27N5O/c1-13(2)17-20-10-11-23(17)15(4)18(24)21-9-5-8-19-16-7-6-14(3)12-22-16/h6-7,10-13,15H,5,8-9H2,1-4H3,(H,19,22)(H,21,24)/t15-/m1/s1. The minimum absolute atomic E-state index is 0.0170. The van der Waals surface area contributed by atoms with Gasteiger partial charge in [0.25, 0.3) is 0 Å². The SMILES string of the molecule is Cc1ccc(NCCCNC(=O)[C@@H](C)n2ccnc2C(C)C)nc1. The van der Waals surface area contributed by atoms with Crippen molar-refractivity contribution < 1.29 is 4.79 Å². The maximum Gasteiger partial charge on any atom is 0.242 e. The maximum atomic E-state index is 12.3. The first-order valence-electron chi connectivity index (χ1n) is 8.46. The third-order valence-corrected chi connectivity index (χ3v) is 3.88. The lowest BCUT2D eigenvalue weighted by Crippen LogP contribution is -2.33. The Labute approximate surface area is 143 Å². The molecule has 2 rings (SSSR count). The number of rotatable bonds is 8. The molecule has 0 aliphatic rings. The van der Waals surface area contributed by atoms with Crippen molar-refractivity contribution in [1.29, 1.82) is 0 Å². The molecule has 0 saturated carbocycles. The fraction of sp³-hybridized carbons (Fsp3) is 0.500. The molecule has 0 aliphatic carbocycles. The van der Waals surface area contributed by atoms with Crippen molar-refractivity contribution in [3.8, 4) is 0 Å². The van der Waals surface area contributed by atoms with Gasteiger partial charge in [-0.05, 0) is 31.9 Å². The molecule has 6 nitrogen and oxygen atoms in total. The molecule has 1 amide bonds. The number of aryl methyl sites for hydroxylation is 1. The second-order valence-electron chi connectivity index (χ2n) is 6.32. The first-order chi connectivity index (χ1) is 11.5. The lowest BCUT2D eigenvalue weighted by Gasteiger charge is -2.17. The van der Waals surface area contributed by atoms with E-state index < -0.39 is 0 Å². The molecule has 2 aromatic rings. The van der Waals surface area contributed by atoms with Gasteiger partial charge in [-0.3, -0.25) is 4.79 Å². The summed E-state index contributed by atoms with van der Waals surface area (Å²) in [7, 11) is 0. The van der Waals surface area contributed by atoms with Crippen LogP contribution < -0.4 is 10.6 Å². The van der Waals surface area contributed by atoms with Crippen molar-refractivity contribution in [1.82, 2.24) is 19.9 Å². The van der Waals surface area contributed by atoms with Crippen LogP contribution in [0, 0.1) is 6.92 Å². The van der Waals surface area contributed by atoms with E-state index in [-0.39, 0.29) is 11.9 Å². The van der Waals surface area contributed by atoms with Gasteiger partial charge in [-0.15, -0.1) is 0 Å². The maximum absolute atomic E-state index is 12.3. The van der Waals surface area contributed by atoms with Crippen molar-refractivity contribution in [2.24, 2.45) is 0 Å². The summed E-state index contributed by atoms with van der Waals surface area (Å²) in [5, 5.41) is 6.23. The zero-order chi connectivity index (χ0) is 17.5. The molecule has 2 N–H and O–H groups in total. The summed E-state index contributed by atoms with van der Waals surface area (Å²) in [5.74, 6) is 2.11. The van der Waals surface area contributed by atoms with Crippen LogP contribution in [0.1, 0.15) is 50.5 Å². The van der Waals surface area contributed by atoms with E-state index in [1.54, 1.807) is 6.20 Å².